The lowest BCUT2D eigenvalue weighted by Gasteiger charge is -2.05. The molecule has 0 unspecified atom stereocenters. The molecule has 0 aromatic carbocycles. The minimum absolute atomic E-state index is 0.253. The van der Waals surface area contributed by atoms with Crippen molar-refractivity contribution in [3.63, 3.8) is 0 Å². The normalized spacial score (nSPS) is 9.46. The average molecular weight is 181 g/mol. The molecule has 5 heteroatoms. The summed E-state index contributed by atoms with van der Waals surface area (Å²) in [7, 11) is 3.01. The van der Waals surface area contributed by atoms with Crippen LogP contribution in [0.3, 0.4) is 0 Å². The van der Waals surface area contributed by atoms with Crippen LogP contribution in [0.25, 0.3) is 0 Å². The number of methoxy groups -OCH3 is 1. The van der Waals surface area contributed by atoms with E-state index in [4.69, 9.17) is 4.74 Å². The second-order valence-electron chi connectivity index (χ2n) is 2.42. The highest BCUT2D eigenvalue weighted by Gasteiger charge is 2.12. The fourth-order valence-corrected chi connectivity index (χ4v) is 0.895. The van der Waals surface area contributed by atoms with Crippen molar-refractivity contribution in [2.45, 2.75) is 6.92 Å². The van der Waals surface area contributed by atoms with Gasteiger partial charge in [-0.2, -0.15) is 4.98 Å². The monoisotopic (exact) mass is 181 g/mol. The van der Waals surface area contributed by atoms with Crippen LogP contribution in [-0.4, -0.2) is 30.0 Å². The summed E-state index contributed by atoms with van der Waals surface area (Å²) in [5.74, 6) is 0.619. The van der Waals surface area contributed by atoms with Crippen molar-refractivity contribution >= 4 is 5.91 Å². The molecule has 0 saturated heterocycles. The fraction of sp³-hybridized carbons (Fsp3) is 0.375. The van der Waals surface area contributed by atoms with Gasteiger partial charge in [-0.25, -0.2) is 4.98 Å². The van der Waals surface area contributed by atoms with Crippen molar-refractivity contribution in [1.29, 1.82) is 0 Å². The lowest BCUT2D eigenvalue weighted by atomic mass is 10.3. The standard InChI is InChI=1S/C8H11N3O2/c1-5-10-4-6(7(12)9-2)8(11-5)13-3/h4H,1-3H3,(H,9,12). The summed E-state index contributed by atoms with van der Waals surface area (Å²) in [5.41, 5.74) is 0.343. The Labute approximate surface area is 76.2 Å². The van der Waals surface area contributed by atoms with Crippen molar-refractivity contribution in [3.05, 3.63) is 17.6 Å². The lowest BCUT2D eigenvalue weighted by Crippen LogP contribution is -2.19. The average Bonchev–Trinajstić information content (AvgIpc) is 2.16. The number of carbonyl (C=O) groups is 1. The van der Waals surface area contributed by atoms with Gasteiger partial charge in [0.05, 0.1) is 7.11 Å². The summed E-state index contributed by atoms with van der Waals surface area (Å²) in [4.78, 5) is 19.1. The Morgan fingerprint density at radius 3 is 2.85 bits per heavy atom. The summed E-state index contributed by atoms with van der Waals surface area (Å²) >= 11 is 0. The van der Waals surface area contributed by atoms with Gasteiger partial charge in [-0.05, 0) is 6.92 Å². The molecule has 0 bridgehead atoms. The molecule has 0 atom stereocenters. The number of nitrogens with one attached hydrogen (secondary N) is 1. The fourth-order valence-electron chi connectivity index (χ4n) is 0.895. The topological polar surface area (TPSA) is 64.1 Å². The molecule has 0 fully saturated rings. The molecule has 1 aromatic rings. The van der Waals surface area contributed by atoms with Crippen molar-refractivity contribution in [2.75, 3.05) is 14.2 Å². The van der Waals surface area contributed by atoms with Crippen LogP contribution in [0.2, 0.25) is 0 Å². The second kappa shape index (κ2) is 3.84. The van der Waals surface area contributed by atoms with Crippen LogP contribution in [0.4, 0.5) is 0 Å². The zero-order valence-electron chi connectivity index (χ0n) is 7.79. The number of nitrogens with zero attached hydrogens (tertiary/aromatic N) is 2. The van der Waals surface area contributed by atoms with Crippen LogP contribution < -0.4 is 10.1 Å². The van der Waals surface area contributed by atoms with Gasteiger partial charge < -0.3 is 10.1 Å². The first-order chi connectivity index (χ1) is 6.19. The minimum Gasteiger partial charge on any atom is -0.480 e. The van der Waals surface area contributed by atoms with E-state index in [1.165, 1.54) is 13.3 Å². The van der Waals surface area contributed by atoms with Gasteiger partial charge in [-0.1, -0.05) is 0 Å². The Kier molecular flexibility index (Phi) is 2.79. The lowest BCUT2D eigenvalue weighted by molar-refractivity contribution is 0.0959. The highest BCUT2D eigenvalue weighted by Crippen LogP contribution is 2.12. The maximum absolute atomic E-state index is 11.2. The van der Waals surface area contributed by atoms with E-state index in [0.717, 1.165) is 0 Å². The molecule has 0 aliphatic heterocycles. The Hall–Kier alpha value is -1.65. The minimum atomic E-state index is -0.253. The molecule has 0 radical (unpaired) electrons. The number of rotatable bonds is 2. The van der Waals surface area contributed by atoms with Crippen LogP contribution in [0.5, 0.6) is 5.88 Å². The Morgan fingerprint density at radius 2 is 2.31 bits per heavy atom. The summed E-state index contributed by atoms with van der Waals surface area (Å²) in [5, 5.41) is 2.48. The molecule has 0 spiro atoms. The quantitative estimate of drug-likeness (QED) is 0.705. The van der Waals surface area contributed by atoms with Gasteiger partial charge in [-0.15, -0.1) is 0 Å². The molecule has 1 N–H and O–H groups in total. The summed E-state index contributed by atoms with van der Waals surface area (Å²) in [6.07, 6.45) is 1.44. The zero-order chi connectivity index (χ0) is 9.84. The van der Waals surface area contributed by atoms with Gasteiger partial charge in [0.1, 0.15) is 11.4 Å². The molecule has 0 saturated carbocycles. The molecule has 0 aliphatic carbocycles. The van der Waals surface area contributed by atoms with Crippen LogP contribution >= 0.6 is 0 Å². The molecule has 0 aliphatic rings. The van der Waals surface area contributed by atoms with Crippen LogP contribution in [0.15, 0.2) is 6.20 Å². The molecule has 1 heterocycles. The summed E-state index contributed by atoms with van der Waals surface area (Å²) < 4.78 is 4.94. The maximum atomic E-state index is 11.2. The number of aryl methyl sites for hydroxylation is 1. The van der Waals surface area contributed by atoms with Gasteiger partial charge >= 0.3 is 0 Å². The van der Waals surface area contributed by atoms with E-state index in [1.54, 1.807) is 14.0 Å². The molecular formula is C8H11N3O2. The summed E-state index contributed by atoms with van der Waals surface area (Å²) in [6, 6.07) is 0. The number of hydrogen-bond acceptors (Lipinski definition) is 4. The van der Waals surface area contributed by atoms with Crippen LogP contribution in [-0.2, 0) is 0 Å². The van der Waals surface area contributed by atoms with E-state index in [-0.39, 0.29) is 5.91 Å². The number of hydrogen-bond donors (Lipinski definition) is 1. The third-order valence-electron chi connectivity index (χ3n) is 1.54. The predicted octanol–water partition coefficient (Wildman–Crippen LogP) is 0.153. The van der Waals surface area contributed by atoms with E-state index < -0.39 is 0 Å². The number of ether oxygens (including phenoxy) is 1. The molecule has 1 aromatic heterocycles. The van der Waals surface area contributed by atoms with Gasteiger partial charge in [0.25, 0.3) is 5.91 Å². The number of amides is 1. The van der Waals surface area contributed by atoms with E-state index in [1.807, 2.05) is 0 Å². The van der Waals surface area contributed by atoms with E-state index in [9.17, 15) is 4.79 Å². The Balaban J connectivity index is 3.13. The SMILES string of the molecule is CNC(=O)c1cnc(C)nc1OC. The van der Waals surface area contributed by atoms with Crippen LogP contribution in [0, 0.1) is 6.92 Å². The highest BCUT2D eigenvalue weighted by atomic mass is 16.5. The first-order valence-electron chi connectivity index (χ1n) is 3.78. The molecule has 1 amide bonds. The molecule has 1 rings (SSSR count). The van der Waals surface area contributed by atoms with Crippen LogP contribution in [0.1, 0.15) is 16.2 Å². The van der Waals surface area contributed by atoms with Gasteiger partial charge in [-0.3, -0.25) is 4.79 Å². The molecule has 5 nitrogen and oxygen atoms in total. The molecule has 70 valence electrons. The first-order valence-corrected chi connectivity index (χ1v) is 3.78. The van der Waals surface area contributed by atoms with Gasteiger partial charge in [0.15, 0.2) is 0 Å². The number of aromatic nitrogens is 2. The molecular weight excluding hydrogens is 170 g/mol. The van der Waals surface area contributed by atoms with Crippen molar-refractivity contribution in [3.8, 4) is 5.88 Å². The van der Waals surface area contributed by atoms with Crippen molar-refractivity contribution in [2.24, 2.45) is 0 Å². The smallest absolute Gasteiger partial charge is 0.258 e. The third-order valence-corrected chi connectivity index (χ3v) is 1.54. The number of carbonyl (C=O) groups excluding carboxylic acids is 1. The largest absolute Gasteiger partial charge is 0.480 e. The third kappa shape index (κ3) is 1.93. The van der Waals surface area contributed by atoms with Crippen molar-refractivity contribution in [1.82, 2.24) is 15.3 Å². The predicted molar refractivity (Wildman–Crippen MR) is 46.7 cm³/mol. The van der Waals surface area contributed by atoms with E-state index >= 15 is 0 Å². The van der Waals surface area contributed by atoms with E-state index in [2.05, 4.69) is 15.3 Å². The molecule has 13 heavy (non-hydrogen) atoms. The van der Waals surface area contributed by atoms with Gasteiger partial charge in [0, 0.05) is 13.2 Å². The van der Waals surface area contributed by atoms with Gasteiger partial charge in [0.2, 0.25) is 5.88 Å². The summed E-state index contributed by atoms with van der Waals surface area (Å²) in [6.45, 7) is 1.73. The Bertz CT molecular complexity index is 325. The second-order valence-corrected chi connectivity index (χ2v) is 2.42. The first kappa shape index (κ1) is 9.44. The highest BCUT2D eigenvalue weighted by molar-refractivity contribution is 5.95. The maximum Gasteiger partial charge on any atom is 0.258 e. The Morgan fingerprint density at radius 1 is 1.62 bits per heavy atom. The van der Waals surface area contributed by atoms with E-state index in [0.29, 0.717) is 17.3 Å². The zero-order valence-corrected chi connectivity index (χ0v) is 7.79. The van der Waals surface area contributed by atoms with Crippen molar-refractivity contribution < 1.29 is 9.53 Å².